The van der Waals surface area contributed by atoms with Crippen LogP contribution < -0.4 is 0 Å². The van der Waals surface area contributed by atoms with E-state index < -0.39 is 5.97 Å². The number of nitrogens with zero attached hydrogens (tertiary/aromatic N) is 2. The average Bonchev–Trinajstić information content (AvgIpc) is 2.57. The summed E-state index contributed by atoms with van der Waals surface area (Å²) in [7, 11) is 1.51. The molecule has 0 bridgehead atoms. The second kappa shape index (κ2) is 4.46. The molecule has 0 radical (unpaired) electrons. The first-order chi connectivity index (χ1) is 8.04. The van der Waals surface area contributed by atoms with E-state index >= 15 is 0 Å². The zero-order valence-electron chi connectivity index (χ0n) is 9.40. The molecular weight excluding hydrogens is 288 g/mol. The smallest absolute Gasteiger partial charge is 0.354 e. The van der Waals surface area contributed by atoms with Crippen molar-refractivity contribution in [3.63, 3.8) is 0 Å². The van der Waals surface area contributed by atoms with E-state index in [1.807, 2.05) is 13.0 Å². The van der Waals surface area contributed by atoms with Crippen molar-refractivity contribution in [1.29, 1.82) is 0 Å². The highest BCUT2D eigenvalue weighted by Gasteiger charge is 2.18. The molecule has 0 fully saturated rings. The molecule has 0 aliphatic rings. The maximum atomic E-state index is 11.2. The fourth-order valence-corrected chi connectivity index (χ4v) is 1.99. The second-order valence-corrected chi connectivity index (χ2v) is 4.53. The first-order valence-electron chi connectivity index (χ1n) is 4.94. The Bertz CT molecular complexity index is 592. The average molecular weight is 299 g/mol. The van der Waals surface area contributed by atoms with Crippen molar-refractivity contribution in [2.45, 2.75) is 13.5 Å². The number of methoxy groups -OCH3 is 1. The lowest BCUT2D eigenvalue weighted by atomic mass is 10.3. The number of imidazole rings is 1. The molecule has 6 heteroatoms. The first-order valence-corrected chi connectivity index (χ1v) is 5.73. The van der Waals surface area contributed by atoms with Crippen molar-refractivity contribution in [3.05, 3.63) is 33.7 Å². The molecule has 0 saturated carbocycles. The third-order valence-corrected chi connectivity index (χ3v) is 3.29. The Balaban J connectivity index is 2.75. The van der Waals surface area contributed by atoms with Gasteiger partial charge in [0.15, 0.2) is 5.69 Å². The summed E-state index contributed by atoms with van der Waals surface area (Å²) in [4.78, 5) is 15.5. The zero-order chi connectivity index (χ0) is 12.6. The number of hydrogen-bond acceptors (Lipinski definition) is 3. The van der Waals surface area contributed by atoms with E-state index in [-0.39, 0.29) is 12.3 Å². The number of halogens is 1. The van der Waals surface area contributed by atoms with Crippen molar-refractivity contribution in [2.24, 2.45) is 0 Å². The highest BCUT2D eigenvalue weighted by atomic mass is 79.9. The van der Waals surface area contributed by atoms with Gasteiger partial charge in [0.1, 0.15) is 11.3 Å². The van der Waals surface area contributed by atoms with E-state index in [2.05, 4.69) is 20.9 Å². The quantitative estimate of drug-likeness (QED) is 0.944. The van der Waals surface area contributed by atoms with Gasteiger partial charge in [0.25, 0.3) is 0 Å². The largest absolute Gasteiger partial charge is 0.477 e. The molecule has 90 valence electrons. The summed E-state index contributed by atoms with van der Waals surface area (Å²) < 4.78 is 7.35. The summed E-state index contributed by atoms with van der Waals surface area (Å²) in [5.41, 5.74) is 2.18. The maximum Gasteiger partial charge on any atom is 0.354 e. The monoisotopic (exact) mass is 298 g/mol. The molecule has 0 aliphatic heterocycles. The molecule has 5 nitrogen and oxygen atoms in total. The number of ether oxygens (including phenoxy) is 1. The summed E-state index contributed by atoms with van der Waals surface area (Å²) in [6.07, 6.45) is 1.71. The van der Waals surface area contributed by atoms with Gasteiger partial charge in [-0.2, -0.15) is 0 Å². The maximum absolute atomic E-state index is 11.2. The minimum atomic E-state index is -1.01. The molecular formula is C11H11BrN2O3. The first kappa shape index (κ1) is 12.1. The number of aryl methyl sites for hydroxylation is 1. The number of pyridine rings is 1. The van der Waals surface area contributed by atoms with Gasteiger partial charge in [0, 0.05) is 17.8 Å². The molecule has 0 atom stereocenters. The number of aromatic carboxylic acids is 1. The van der Waals surface area contributed by atoms with Crippen molar-refractivity contribution >= 4 is 27.5 Å². The van der Waals surface area contributed by atoms with Gasteiger partial charge in [0.2, 0.25) is 0 Å². The van der Waals surface area contributed by atoms with Crippen LogP contribution in [0.2, 0.25) is 0 Å². The van der Waals surface area contributed by atoms with Crippen LogP contribution in [0.5, 0.6) is 0 Å². The van der Waals surface area contributed by atoms with Gasteiger partial charge in [-0.05, 0) is 34.5 Å². The van der Waals surface area contributed by atoms with E-state index in [4.69, 9.17) is 4.74 Å². The molecule has 1 N–H and O–H groups in total. The lowest BCUT2D eigenvalue weighted by Gasteiger charge is -2.01. The lowest BCUT2D eigenvalue weighted by molar-refractivity contribution is 0.0683. The van der Waals surface area contributed by atoms with Crippen LogP contribution in [-0.4, -0.2) is 27.6 Å². The molecule has 2 aromatic rings. The summed E-state index contributed by atoms with van der Waals surface area (Å²) in [5, 5.41) is 9.21. The molecule has 2 aromatic heterocycles. The molecule has 2 rings (SSSR count). The Morgan fingerprint density at radius 3 is 2.94 bits per heavy atom. The van der Waals surface area contributed by atoms with E-state index in [0.29, 0.717) is 11.3 Å². The number of hydrogen-bond donors (Lipinski definition) is 1. The van der Waals surface area contributed by atoms with Crippen LogP contribution in [0.1, 0.15) is 21.7 Å². The Labute approximate surface area is 106 Å². The number of carboxylic acid groups (broad SMARTS) is 1. The molecule has 0 amide bonds. The summed E-state index contributed by atoms with van der Waals surface area (Å²) >= 11 is 3.38. The van der Waals surface area contributed by atoms with Crippen LogP contribution in [0.25, 0.3) is 5.65 Å². The number of carboxylic acids is 1. The Kier molecular flexibility index (Phi) is 3.17. The van der Waals surface area contributed by atoms with Crippen LogP contribution in [0, 0.1) is 6.92 Å². The number of fused-ring (bicyclic) bond motifs is 1. The minimum Gasteiger partial charge on any atom is -0.477 e. The van der Waals surface area contributed by atoms with Gasteiger partial charge >= 0.3 is 5.97 Å². The fraction of sp³-hybridized carbons (Fsp3) is 0.273. The van der Waals surface area contributed by atoms with Gasteiger partial charge in [-0.25, -0.2) is 9.78 Å². The number of aromatic nitrogens is 2. The molecule has 0 aromatic carbocycles. The highest BCUT2D eigenvalue weighted by molar-refractivity contribution is 9.10. The topological polar surface area (TPSA) is 63.8 Å². The molecule has 0 aliphatic carbocycles. The molecule has 17 heavy (non-hydrogen) atoms. The molecule has 0 spiro atoms. The van der Waals surface area contributed by atoms with Crippen LogP contribution in [0.15, 0.2) is 16.7 Å². The molecule has 2 heterocycles. The second-order valence-electron chi connectivity index (χ2n) is 3.68. The van der Waals surface area contributed by atoms with E-state index in [1.54, 1.807) is 10.6 Å². The predicted molar refractivity (Wildman–Crippen MR) is 65.3 cm³/mol. The summed E-state index contributed by atoms with van der Waals surface area (Å²) in [5.74, 6) is -1.01. The van der Waals surface area contributed by atoms with E-state index in [0.717, 1.165) is 10.0 Å². The predicted octanol–water partition coefficient (Wildman–Crippen LogP) is 2.25. The fourth-order valence-electron chi connectivity index (χ4n) is 1.67. The van der Waals surface area contributed by atoms with Crippen molar-refractivity contribution in [2.75, 3.05) is 7.11 Å². The van der Waals surface area contributed by atoms with Gasteiger partial charge in [-0.15, -0.1) is 0 Å². The van der Waals surface area contributed by atoms with E-state index in [1.165, 1.54) is 7.11 Å². The third-order valence-electron chi connectivity index (χ3n) is 2.46. The van der Waals surface area contributed by atoms with E-state index in [9.17, 15) is 9.90 Å². The number of carbonyl (C=O) groups is 1. The number of rotatable bonds is 3. The third kappa shape index (κ3) is 2.05. The summed E-state index contributed by atoms with van der Waals surface area (Å²) in [6, 6.07) is 1.83. The molecule has 0 saturated heterocycles. The van der Waals surface area contributed by atoms with Crippen LogP contribution in [0.4, 0.5) is 0 Å². The summed E-state index contributed by atoms with van der Waals surface area (Å²) in [6.45, 7) is 2.11. The Morgan fingerprint density at radius 2 is 2.35 bits per heavy atom. The Hall–Kier alpha value is -1.40. The van der Waals surface area contributed by atoms with Crippen molar-refractivity contribution in [3.8, 4) is 0 Å². The lowest BCUT2D eigenvalue weighted by Crippen LogP contribution is -2.06. The zero-order valence-corrected chi connectivity index (χ0v) is 11.0. The normalized spacial score (nSPS) is 11.0. The molecule has 0 unspecified atom stereocenters. The van der Waals surface area contributed by atoms with Crippen molar-refractivity contribution in [1.82, 2.24) is 9.38 Å². The van der Waals surface area contributed by atoms with Crippen LogP contribution >= 0.6 is 15.9 Å². The standard InChI is InChI=1S/C11H11BrN2O3/c1-6-3-9-13-8(5-17-2)10(11(15)16)14(9)4-7(6)12/h3-4H,5H2,1-2H3,(H,15,16). The van der Waals surface area contributed by atoms with Crippen LogP contribution in [0.3, 0.4) is 0 Å². The minimum absolute atomic E-state index is 0.141. The van der Waals surface area contributed by atoms with Gasteiger partial charge in [-0.3, -0.25) is 4.40 Å². The van der Waals surface area contributed by atoms with Crippen molar-refractivity contribution < 1.29 is 14.6 Å². The van der Waals surface area contributed by atoms with Gasteiger partial charge in [-0.1, -0.05) is 0 Å². The van der Waals surface area contributed by atoms with Gasteiger partial charge < -0.3 is 9.84 Å². The SMILES string of the molecule is COCc1nc2cc(C)c(Br)cn2c1C(=O)O. The van der Waals surface area contributed by atoms with Gasteiger partial charge in [0.05, 0.1) is 6.61 Å². The Morgan fingerprint density at radius 1 is 1.65 bits per heavy atom. The van der Waals surface area contributed by atoms with Crippen LogP contribution in [-0.2, 0) is 11.3 Å². The highest BCUT2D eigenvalue weighted by Crippen LogP contribution is 2.21.